The number of H-pyrrole nitrogens is 1. The molecule has 0 aliphatic carbocycles. The van der Waals surface area contributed by atoms with Crippen molar-refractivity contribution in [3.63, 3.8) is 0 Å². The number of nitrogens with zero attached hydrogens (tertiary/aromatic N) is 3. The van der Waals surface area contributed by atoms with Crippen molar-refractivity contribution in [1.82, 2.24) is 20.0 Å². The third kappa shape index (κ3) is 1.73. The monoisotopic (exact) mass is 242 g/mol. The lowest BCUT2D eigenvalue weighted by Gasteiger charge is -1.93. The number of carboxylic acid groups (broad SMARTS) is 1. The maximum atomic E-state index is 10.6. The minimum Gasteiger partial charge on any atom is -0.480 e. The Morgan fingerprint density at radius 1 is 1.39 bits per heavy atom. The summed E-state index contributed by atoms with van der Waals surface area (Å²) in [4.78, 5) is 13.7. The second-order valence-electron chi connectivity index (χ2n) is 3.94. The molecule has 0 atom stereocenters. The van der Waals surface area contributed by atoms with Gasteiger partial charge in [-0.05, 0) is 6.07 Å². The van der Waals surface area contributed by atoms with E-state index in [0.717, 1.165) is 16.5 Å². The van der Waals surface area contributed by atoms with E-state index in [1.165, 1.54) is 4.68 Å². The minimum absolute atomic E-state index is 0.185. The molecule has 2 N–H and O–H groups in total. The van der Waals surface area contributed by atoms with Crippen molar-refractivity contribution in [1.29, 1.82) is 0 Å². The van der Waals surface area contributed by atoms with E-state index >= 15 is 0 Å². The lowest BCUT2D eigenvalue weighted by molar-refractivity contribution is -0.137. The van der Waals surface area contributed by atoms with Crippen LogP contribution in [0.25, 0.3) is 22.2 Å². The van der Waals surface area contributed by atoms with E-state index in [1.54, 1.807) is 6.20 Å². The van der Waals surface area contributed by atoms with Crippen LogP contribution in [0.2, 0.25) is 0 Å². The number of hydrogen-bond donors (Lipinski definition) is 2. The van der Waals surface area contributed by atoms with Gasteiger partial charge in [0.1, 0.15) is 12.2 Å². The van der Waals surface area contributed by atoms with Crippen molar-refractivity contribution in [3.8, 4) is 11.3 Å². The smallest absolute Gasteiger partial charge is 0.325 e. The number of rotatable bonds is 3. The Kier molecular flexibility index (Phi) is 2.33. The summed E-state index contributed by atoms with van der Waals surface area (Å²) in [5, 5.41) is 17.5. The van der Waals surface area contributed by atoms with Crippen molar-refractivity contribution in [3.05, 3.63) is 36.7 Å². The molecule has 2 aromatic heterocycles. The molecule has 1 aromatic carbocycles. The van der Waals surface area contributed by atoms with Gasteiger partial charge in [-0.3, -0.25) is 4.79 Å². The van der Waals surface area contributed by atoms with Crippen LogP contribution in [-0.2, 0) is 11.3 Å². The zero-order valence-electron chi connectivity index (χ0n) is 9.37. The summed E-state index contributed by atoms with van der Waals surface area (Å²) in [6.45, 7) is -0.185. The topological polar surface area (TPSA) is 83.8 Å². The van der Waals surface area contributed by atoms with Gasteiger partial charge in [-0.15, -0.1) is 5.10 Å². The second-order valence-corrected chi connectivity index (χ2v) is 3.94. The Bertz CT molecular complexity index is 714. The normalized spacial score (nSPS) is 10.9. The van der Waals surface area contributed by atoms with Gasteiger partial charge in [-0.1, -0.05) is 23.4 Å². The summed E-state index contributed by atoms with van der Waals surface area (Å²) in [5.74, 6) is -0.939. The summed E-state index contributed by atoms with van der Waals surface area (Å²) in [6, 6.07) is 7.85. The van der Waals surface area contributed by atoms with Gasteiger partial charge in [0.15, 0.2) is 0 Å². The molecule has 0 amide bonds. The molecule has 2 heterocycles. The van der Waals surface area contributed by atoms with Gasteiger partial charge < -0.3 is 10.1 Å². The van der Waals surface area contributed by atoms with E-state index in [1.807, 2.05) is 30.5 Å². The number of fused-ring (bicyclic) bond motifs is 1. The fourth-order valence-electron chi connectivity index (χ4n) is 1.92. The van der Waals surface area contributed by atoms with Crippen molar-refractivity contribution in [2.24, 2.45) is 0 Å². The van der Waals surface area contributed by atoms with E-state index in [-0.39, 0.29) is 6.54 Å². The number of benzene rings is 1. The fraction of sp³-hybridized carbons (Fsp3) is 0.0833. The number of para-hydroxylation sites is 1. The van der Waals surface area contributed by atoms with Crippen LogP contribution in [0.3, 0.4) is 0 Å². The highest BCUT2D eigenvalue weighted by molar-refractivity contribution is 5.94. The number of aromatic amines is 1. The van der Waals surface area contributed by atoms with Gasteiger partial charge in [-0.2, -0.15) is 0 Å². The molecule has 0 aliphatic heterocycles. The Morgan fingerprint density at radius 2 is 2.22 bits per heavy atom. The lowest BCUT2D eigenvalue weighted by Crippen LogP contribution is -2.08. The standard InChI is InChI=1S/C12H10N4O2/c17-12(18)7-16-6-11(14-15-16)9-5-13-10-4-2-1-3-8(9)10/h1-6,13H,7H2,(H,17,18). The van der Waals surface area contributed by atoms with Crippen molar-refractivity contribution >= 4 is 16.9 Å². The molecule has 0 bridgehead atoms. The van der Waals surface area contributed by atoms with Crippen LogP contribution < -0.4 is 0 Å². The number of carbonyl (C=O) groups is 1. The highest BCUT2D eigenvalue weighted by Crippen LogP contribution is 2.26. The van der Waals surface area contributed by atoms with E-state index in [4.69, 9.17) is 5.11 Å². The summed E-state index contributed by atoms with van der Waals surface area (Å²) >= 11 is 0. The molecule has 0 radical (unpaired) electrons. The number of aromatic nitrogens is 4. The second kappa shape index (κ2) is 3.99. The van der Waals surface area contributed by atoms with E-state index in [0.29, 0.717) is 5.69 Å². The lowest BCUT2D eigenvalue weighted by atomic mass is 10.1. The van der Waals surface area contributed by atoms with Gasteiger partial charge in [0, 0.05) is 22.7 Å². The molecule has 6 heteroatoms. The van der Waals surface area contributed by atoms with E-state index in [2.05, 4.69) is 15.3 Å². The molecular weight excluding hydrogens is 232 g/mol. The third-order valence-corrected chi connectivity index (χ3v) is 2.70. The maximum absolute atomic E-state index is 10.6. The average Bonchev–Trinajstić information content (AvgIpc) is 2.94. The predicted molar refractivity (Wildman–Crippen MR) is 65.0 cm³/mol. The molecule has 3 rings (SSSR count). The first kappa shape index (κ1) is 10.5. The van der Waals surface area contributed by atoms with Crippen LogP contribution in [0, 0.1) is 0 Å². The zero-order chi connectivity index (χ0) is 12.5. The molecule has 0 fully saturated rings. The van der Waals surface area contributed by atoms with Gasteiger partial charge in [0.25, 0.3) is 0 Å². The first-order valence-corrected chi connectivity index (χ1v) is 5.42. The zero-order valence-corrected chi connectivity index (χ0v) is 9.37. The quantitative estimate of drug-likeness (QED) is 0.729. The summed E-state index contributed by atoms with van der Waals surface area (Å²) in [6.07, 6.45) is 3.48. The number of hydrogen-bond acceptors (Lipinski definition) is 3. The molecule has 0 saturated heterocycles. The molecule has 6 nitrogen and oxygen atoms in total. The Hall–Kier alpha value is -2.63. The average molecular weight is 242 g/mol. The molecule has 90 valence electrons. The predicted octanol–water partition coefficient (Wildman–Crippen LogP) is 1.51. The van der Waals surface area contributed by atoms with Crippen LogP contribution >= 0.6 is 0 Å². The summed E-state index contributed by atoms with van der Waals surface area (Å²) < 4.78 is 1.30. The van der Waals surface area contributed by atoms with Crippen LogP contribution in [0.5, 0.6) is 0 Å². The van der Waals surface area contributed by atoms with E-state index in [9.17, 15) is 4.79 Å². The van der Waals surface area contributed by atoms with Crippen molar-refractivity contribution in [2.75, 3.05) is 0 Å². The molecule has 0 spiro atoms. The Labute approximate surface area is 102 Å². The van der Waals surface area contributed by atoms with Gasteiger partial charge in [0.05, 0.1) is 6.20 Å². The van der Waals surface area contributed by atoms with Gasteiger partial charge in [0.2, 0.25) is 0 Å². The summed E-state index contributed by atoms with van der Waals surface area (Å²) in [5.41, 5.74) is 2.59. The Morgan fingerprint density at radius 3 is 3.06 bits per heavy atom. The number of aliphatic carboxylic acids is 1. The highest BCUT2D eigenvalue weighted by Gasteiger charge is 2.10. The van der Waals surface area contributed by atoms with Crippen LogP contribution in [0.4, 0.5) is 0 Å². The Balaban J connectivity index is 2.04. The van der Waals surface area contributed by atoms with Gasteiger partial charge >= 0.3 is 5.97 Å². The largest absolute Gasteiger partial charge is 0.480 e. The fourth-order valence-corrected chi connectivity index (χ4v) is 1.92. The number of carboxylic acids is 1. The molecule has 3 aromatic rings. The third-order valence-electron chi connectivity index (χ3n) is 2.70. The van der Waals surface area contributed by atoms with E-state index < -0.39 is 5.97 Å². The number of nitrogens with one attached hydrogen (secondary N) is 1. The molecular formula is C12H10N4O2. The molecule has 18 heavy (non-hydrogen) atoms. The maximum Gasteiger partial charge on any atom is 0.325 e. The summed E-state index contributed by atoms with van der Waals surface area (Å²) in [7, 11) is 0. The molecule has 0 saturated carbocycles. The van der Waals surface area contributed by atoms with Crippen LogP contribution in [0.1, 0.15) is 0 Å². The van der Waals surface area contributed by atoms with Gasteiger partial charge in [-0.25, -0.2) is 4.68 Å². The van der Waals surface area contributed by atoms with Crippen molar-refractivity contribution in [2.45, 2.75) is 6.54 Å². The van der Waals surface area contributed by atoms with Crippen molar-refractivity contribution < 1.29 is 9.90 Å². The minimum atomic E-state index is -0.939. The first-order valence-electron chi connectivity index (χ1n) is 5.42. The highest BCUT2D eigenvalue weighted by atomic mass is 16.4. The van der Waals surface area contributed by atoms with Crippen LogP contribution in [-0.4, -0.2) is 31.1 Å². The molecule has 0 unspecified atom stereocenters. The molecule has 0 aliphatic rings. The van der Waals surface area contributed by atoms with Crippen LogP contribution in [0.15, 0.2) is 36.7 Å². The SMILES string of the molecule is O=C(O)Cn1cc(-c2c[nH]c3ccccc23)nn1. The first-order chi connectivity index (χ1) is 8.74.